The molecular weight excluding hydrogens is 224 g/mol. The van der Waals surface area contributed by atoms with Gasteiger partial charge in [0.25, 0.3) is 0 Å². The Morgan fingerprint density at radius 2 is 1.79 bits per heavy atom. The monoisotopic (exact) mass is 238 g/mol. The van der Waals surface area contributed by atoms with Crippen molar-refractivity contribution in [1.29, 1.82) is 0 Å². The molecule has 0 bridgehead atoms. The van der Waals surface area contributed by atoms with Gasteiger partial charge in [0.1, 0.15) is 10.5 Å². The lowest BCUT2D eigenvalue weighted by Crippen LogP contribution is -2.27. The van der Waals surface area contributed by atoms with E-state index < -0.39 is 22.4 Å². The second-order valence-electron chi connectivity index (χ2n) is 3.09. The molecule has 0 saturated carbocycles. The fourth-order valence-corrected chi connectivity index (χ4v) is 1.37. The minimum Gasteiger partial charge on any atom is -0.480 e. The molecule has 0 heterocycles. The highest BCUT2D eigenvalue weighted by Gasteiger charge is 2.23. The molecule has 0 fully saturated rings. The average Bonchev–Trinajstić information content (AvgIpc) is 2.02. The second kappa shape index (κ2) is 6.19. The number of thiol groups is 2. The van der Waals surface area contributed by atoms with Crippen LogP contribution in [0.25, 0.3) is 0 Å². The topological polar surface area (TPSA) is 63.6 Å². The van der Waals surface area contributed by atoms with E-state index in [9.17, 15) is 9.59 Å². The maximum Gasteiger partial charge on any atom is 0.319 e. The van der Waals surface area contributed by atoms with Gasteiger partial charge in [-0.1, -0.05) is 0 Å². The van der Waals surface area contributed by atoms with Crippen LogP contribution in [0.2, 0.25) is 0 Å². The molecule has 0 aromatic carbocycles. The molecule has 0 aliphatic carbocycles. The van der Waals surface area contributed by atoms with Crippen LogP contribution in [0.5, 0.6) is 0 Å². The van der Waals surface area contributed by atoms with Crippen molar-refractivity contribution in [2.75, 3.05) is 0 Å². The summed E-state index contributed by atoms with van der Waals surface area (Å²) in [6.07, 6.45) is -0.173. The Morgan fingerprint density at radius 1 is 1.29 bits per heavy atom. The summed E-state index contributed by atoms with van der Waals surface area (Å²) in [5.74, 6) is -1.58. The number of aliphatic carboxylic acids is 1. The van der Waals surface area contributed by atoms with Gasteiger partial charge in [-0.2, -0.15) is 25.3 Å². The van der Waals surface area contributed by atoms with E-state index in [2.05, 4.69) is 25.3 Å². The SMILES string of the molecule is CC(C)OC(=O)C(S)CC(S)C(=O)O. The molecule has 2 atom stereocenters. The van der Waals surface area contributed by atoms with Crippen LogP contribution in [0.1, 0.15) is 20.3 Å². The van der Waals surface area contributed by atoms with E-state index in [0.717, 1.165) is 0 Å². The summed E-state index contributed by atoms with van der Waals surface area (Å²) in [6.45, 7) is 3.43. The Kier molecular flexibility index (Phi) is 6.03. The van der Waals surface area contributed by atoms with E-state index in [0.29, 0.717) is 0 Å². The average molecular weight is 238 g/mol. The molecule has 0 rings (SSSR count). The fourth-order valence-electron chi connectivity index (χ4n) is 0.719. The lowest BCUT2D eigenvalue weighted by molar-refractivity contribution is -0.146. The molecule has 2 unspecified atom stereocenters. The van der Waals surface area contributed by atoms with Crippen molar-refractivity contribution in [3.05, 3.63) is 0 Å². The number of carboxylic acid groups (broad SMARTS) is 1. The van der Waals surface area contributed by atoms with Gasteiger partial charge in [-0.3, -0.25) is 9.59 Å². The van der Waals surface area contributed by atoms with Crippen molar-refractivity contribution in [3.8, 4) is 0 Å². The zero-order valence-corrected chi connectivity index (χ0v) is 9.79. The van der Waals surface area contributed by atoms with Gasteiger partial charge < -0.3 is 9.84 Å². The number of rotatable bonds is 5. The normalized spacial score (nSPS) is 14.9. The summed E-state index contributed by atoms with van der Waals surface area (Å²) in [4.78, 5) is 21.6. The van der Waals surface area contributed by atoms with Crippen molar-refractivity contribution in [2.24, 2.45) is 0 Å². The Morgan fingerprint density at radius 3 is 2.14 bits per heavy atom. The maximum atomic E-state index is 11.2. The Bertz CT molecular complexity index is 217. The van der Waals surface area contributed by atoms with Gasteiger partial charge in [0.05, 0.1) is 6.10 Å². The molecule has 6 heteroatoms. The predicted octanol–water partition coefficient (Wildman–Crippen LogP) is 1.01. The molecule has 0 saturated heterocycles. The van der Waals surface area contributed by atoms with E-state index in [4.69, 9.17) is 9.84 Å². The molecule has 0 spiro atoms. The Balaban J connectivity index is 4.01. The van der Waals surface area contributed by atoms with Crippen LogP contribution >= 0.6 is 25.3 Å². The van der Waals surface area contributed by atoms with Crippen LogP contribution in [-0.4, -0.2) is 33.6 Å². The third kappa shape index (κ3) is 5.39. The molecule has 82 valence electrons. The molecular formula is C8H14O4S2. The highest BCUT2D eigenvalue weighted by atomic mass is 32.1. The quantitative estimate of drug-likeness (QED) is 0.494. The number of hydrogen-bond acceptors (Lipinski definition) is 5. The van der Waals surface area contributed by atoms with Crippen molar-refractivity contribution >= 4 is 37.2 Å². The summed E-state index contributed by atoms with van der Waals surface area (Å²) in [5, 5.41) is 6.90. The molecule has 1 N–H and O–H groups in total. The first-order chi connectivity index (χ1) is 6.34. The van der Waals surface area contributed by atoms with E-state index in [1.54, 1.807) is 13.8 Å². The van der Waals surface area contributed by atoms with Crippen molar-refractivity contribution < 1.29 is 19.4 Å². The van der Waals surface area contributed by atoms with E-state index in [1.165, 1.54) is 0 Å². The van der Waals surface area contributed by atoms with Gasteiger partial charge in [-0.05, 0) is 20.3 Å². The Labute approximate surface area is 93.8 Å². The highest BCUT2D eigenvalue weighted by Crippen LogP contribution is 2.12. The van der Waals surface area contributed by atoms with Gasteiger partial charge in [0.2, 0.25) is 0 Å². The van der Waals surface area contributed by atoms with Crippen molar-refractivity contribution in [3.63, 3.8) is 0 Å². The van der Waals surface area contributed by atoms with Gasteiger partial charge in [-0.25, -0.2) is 0 Å². The number of carbonyl (C=O) groups is 2. The van der Waals surface area contributed by atoms with Crippen LogP contribution in [-0.2, 0) is 14.3 Å². The molecule has 0 aromatic rings. The lowest BCUT2D eigenvalue weighted by Gasteiger charge is -2.14. The molecule has 0 aromatic heterocycles. The fraction of sp³-hybridized carbons (Fsp3) is 0.750. The standard InChI is InChI=1S/C8H14O4S2/c1-4(2)12-8(11)6(14)3-5(13)7(9)10/h4-6,13-14H,3H2,1-2H3,(H,9,10). The number of carbonyl (C=O) groups excluding carboxylic acids is 1. The number of ether oxygens (including phenoxy) is 1. The number of hydrogen-bond donors (Lipinski definition) is 3. The van der Waals surface area contributed by atoms with Crippen LogP contribution in [0.3, 0.4) is 0 Å². The largest absolute Gasteiger partial charge is 0.480 e. The first kappa shape index (κ1) is 13.6. The number of carboxylic acids is 1. The predicted molar refractivity (Wildman–Crippen MR) is 59.0 cm³/mol. The van der Waals surface area contributed by atoms with Gasteiger partial charge in [0.15, 0.2) is 0 Å². The van der Waals surface area contributed by atoms with Gasteiger partial charge in [-0.15, -0.1) is 0 Å². The molecule has 0 aliphatic rings. The van der Waals surface area contributed by atoms with Crippen LogP contribution in [0.4, 0.5) is 0 Å². The zero-order chi connectivity index (χ0) is 11.3. The number of esters is 1. The van der Waals surface area contributed by atoms with Crippen molar-refractivity contribution in [1.82, 2.24) is 0 Å². The molecule has 0 amide bonds. The molecule has 0 aliphatic heterocycles. The maximum absolute atomic E-state index is 11.2. The minimum absolute atomic E-state index is 0.0487. The third-order valence-electron chi connectivity index (χ3n) is 1.36. The molecule has 0 radical (unpaired) electrons. The van der Waals surface area contributed by atoms with E-state index in [1.807, 2.05) is 0 Å². The molecule has 14 heavy (non-hydrogen) atoms. The van der Waals surface area contributed by atoms with Crippen molar-refractivity contribution in [2.45, 2.75) is 36.9 Å². The van der Waals surface area contributed by atoms with Gasteiger partial charge >= 0.3 is 11.9 Å². The first-order valence-electron chi connectivity index (χ1n) is 4.14. The zero-order valence-electron chi connectivity index (χ0n) is 8.01. The summed E-state index contributed by atoms with van der Waals surface area (Å²) in [5.41, 5.74) is 0. The van der Waals surface area contributed by atoms with Crippen LogP contribution < -0.4 is 0 Å². The minimum atomic E-state index is -1.07. The molecule has 4 nitrogen and oxygen atoms in total. The highest BCUT2D eigenvalue weighted by molar-refractivity contribution is 7.82. The van der Waals surface area contributed by atoms with E-state index >= 15 is 0 Å². The lowest BCUT2D eigenvalue weighted by atomic mass is 10.2. The second-order valence-corrected chi connectivity index (χ2v) is 4.34. The summed E-state index contributed by atoms with van der Waals surface area (Å²) in [6, 6.07) is 0. The summed E-state index contributed by atoms with van der Waals surface area (Å²) in [7, 11) is 0. The van der Waals surface area contributed by atoms with Crippen LogP contribution in [0.15, 0.2) is 0 Å². The van der Waals surface area contributed by atoms with Gasteiger partial charge in [0, 0.05) is 0 Å². The third-order valence-corrected chi connectivity index (χ3v) is 2.21. The van der Waals surface area contributed by atoms with Crippen LogP contribution in [0, 0.1) is 0 Å². The smallest absolute Gasteiger partial charge is 0.319 e. The Hall–Kier alpha value is -0.360. The summed E-state index contributed by atoms with van der Waals surface area (Å²) < 4.78 is 4.85. The summed E-state index contributed by atoms with van der Waals surface area (Å²) >= 11 is 7.74. The van der Waals surface area contributed by atoms with E-state index in [-0.39, 0.29) is 12.5 Å². The first-order valence-corrected chi connectivity index (χ1v) is 5.17.